The number of pyridine rings is 1. The van der Waals surface area contributed by atoms with Gasteiger partial charge in [-0.1, -0.05) is 35.3 Å². The Bertz CT molecular complexity index is 1060. The Kier molecular flexibility index (Phi) is 7.09. The van der Waals surface area contributed by atoms with Crippen LogP contribution in [0.4, 0.5) is 17.5 Å². The van der Waals surface area contributed by atoms with Crippen LogP contribution in [0.3, 0.4) is 0 Å². The zero-order chi connectivity index (χ0) is 22.5. The number of anilines is 3. The lowest BCUT2D eigenvalue weighted by Crippen LogP contribution is -2.37. The van der Waals surface area contributed by atoms with E-state index in [0.717, 1.165) is 44.0 Å². The van der Waals surface area contributed by atoms with E-state index < -0.39 is 0 Å². The molecule has 1 amide bonds. The molecule has 0 unspecified atom stereocenters. The van der Waals surface area contributed by atoms with E-state index in [9.17, 15) is 4.79 Å². The Labute approximate surface area is 196 Å². The van der Waals surface area contributed by atoms with Gasteiger partial charge in [0.15, 0.2) is 0 Å². The lowest BCUT2D eigenvalue weighted by molar-refractivity contribution is -0.119. The number of aromatic amines is 1. The van der Waals surface area contributed by atoms with E-state index in [0.29, 0.717) is 28.2 Å². The predicted octanol–water partition coefficient (Wildman–Crippen LogP) is 2.84. The fourth-order valence-electron chi connectivity index (χ4n) is 3.87. The second-order valence-corrected chi connectivity index (χ2v) is 8.32. The van der Waals surface area contributed by atoms with Crippen molar-refractivity contribution in [1.82, 2.24) is 25.1 Å². The van der Waals surface area contributed by atoms with Crippen molar-refractivity contribution in [3.63, 3.8) is 0 Å². The number of rotatable bonds is 7. The molecule has 1 aromatic carbocycles. The maximum atomic E-state index is 11.3. The van der Waals surface area contributed by atoms with Gasteiger partial charge in [-0.05, 0) is 24.6 Å². The minimum atomic E-state index is -0.307. The zero-order valence-corrected chi connectivity index (χ0v) is 18.9. The van der Waals surface area contributed by atoms with Crippen LogP contribution in [0, 0.1) is 0 Å². The van der Waals surface area contributed by atoms with Crippen LogP contribution in [-0.2, 0) is 11.3 Å². The molecule has 1 aliphatic heterocycles. The maximum Gasteiger partial charge on any atom is 0.231 e. The minimum Gasteiger partial charge on any atom is -0.369 e. The van der Waals surface area contributed by atoms with Crippen LogP contribution in [0.5, 0.6) is 0 Å². The molecule has 0 saturated carbocycles. The normalized spacial score (nSPS) is 14.9. The van der Waals surface area contributed by atoms with Gasteiger partial charge in [-0.25, -0.2) is 10.1 Å². The van der Waals surface area contributed by atoms with Gasteiger partial charge < -0.3 is 15.5 Å². The number of nitrogens with one attached hydrogen (secondary N) is 1. The number of nitrogens with two attached hydrogens (primary N) is 1. The van der Waals surface area contributed by atoms with Gasteiger partial charge in [0.05, 0.1) is 28.8 Å². The molecule has 1 aliphatic rings. The number of carbonyl (C=O) groups excluding carboxylic acids is 1. The summed E-state index contributed by atoms with van der Waals surface area (Å²) < 4.78 is 0. The zero-order valence-electron chi connectivity index (χ0n) is 17.4. The molecule has 2 aromatic heterocycles. The molecule has 0 spiro atoms. The van der Waals surface area contributed by atoms with Crippen LogP contribution < -0.4 is 15.5 Å². The Morgan fingerprint density at radius 3 is 2.78 bits per heavy atom. The Balaban J connectivity index is 1.62. The quantitative estimate of drug-likeness (QED) is 0.541. The third-order valence-electron chi connectivity index (χ3n) is 5.34. The number of H-pyrrole nitrogens is 1. The highest BCUT2D eigenvalue weighted by molar-refractivity contribution is 6.43. The molecule has 32 heavy (non-hydrogen) atoms. The van der Waals surface area contributed by atoms with Crippen LogP contribution in [0.25, 0.3) is 0 Å². The van der Waals surface area contributed by atoms with Crippen molar-refractivity contribution in [2.45, 2.75) is 13.0 Å². The van der Waals surface area contributed by atoms with Crippen molar-refractivity contribution >= 4 is 46.6 Å². The number of carbonyl (C=O) groups is 1. The summed E-state index contributed by atoms with van der Waals surface area (Å²) >= 11 is 12.8. The molecule has 3 N–H and O–H groups in total. The van der Waals surface area contributed by atoms with Gasteiger partial charge in [-0.15, -0.1) is 0 Å². The molecule has 0 bridgehead atoms. The molecule has 4 rings (SSSR count). The van der Waals surface area contributed by atoms with Gasteiger partial charge in [0.2, 0.25) is 11.9 Å². The first-order valence-electron chi connectivity index (χ1n) is 10.3. The molecule has 3 aromatic rings. The van der Waals surface area contributed by atoms with Gasteiger partial charge in [0, 0.05) is 37.9 Å². The topological polar surface area (TPSA) is 107 Å². The number of amides is 1. The maximum absolute atomic E-state index is 11.3. The molecule has 9 nitrogen and oxygen atoms in total. The number of hydrogen-bond donors (Lipinski definition) is 2. The molecule has 1 fully saturated rings. The Morgan fingerprint density at radius 1 is 1.12 bits per heavy atom. The van der Waals surface area contributed by atoms with Crippen LogP contribution in [0.2, 0.25) is 10.0 Å². The van der Waals surface area contributed by atoms with E-state index in [1.54, 1.807) is 12.3 Å². The summed E-state index contributed by atoms with van der Waals surface area (Å²) in [5.41, 5.74) is 7.10. The van der Waals surface area contributed by atoms with Crippen LogP contribution >= 0.6 is 23.2 Å². The van der Waals surface area contributed by atoms with Crippen molar-refractivity contribution in [2.75, 3.05) is 42.5 Å². The summed E-state index contributed by atoms with van der Waals surface area (Å²) in [5, 5.41) is 7.81. The molecule has 0 aliphatic carbocycles. The number of primary amides is 1. The summed E-state index contributed by atoms with van der Waals surface area (Å²) in [6, 6.07) is 9.43. The van der Waals surface area contributed by atoms with Crippen molar-refractivity contribution in [1.29, 1.82) is 0 Å². The van der Waals surface area contributed by atoms with E-state index in [-0.39, 0.29) is 12.5 Å². The first kappa shape index (κ1) is 22.3. The van der Waals surface area contributed by atoms with Crippen LogP contribution in [0.1, 0.15) is 12.0 Å². The molecular weight excluding hydrogens is 451 g/mol. The fraction of sp³-hybridized carbons (Fsp3) is 0.333. The Hall–Kier alpha value is -2.88. The summed E-state index contributed by atoms with van der Waals surface area (Å²) in [5.74, 6) is 1.13. The van der Waals surface area contributed by atoms with E-state index in [2.05, 4.69) is 30.0 Å². The molecule has 3 heterocycles. The highest BCUT2D eigenvalue weighted by Crippen LogP contribution is 2.36. The van der Waals surface area contributed by atoms with Crippen LogP contribution in [0.15, 0.2) is 42.9 Å². The average molecular weight is 475 g/mol. The molecule has 1 saturated heterocycles. The van der Waals surface area contributed by atoms with Crippen molar-refractivity contribution in [3.05, 3.63) is 58.5 Å². The molecule has 0 atom stereocenters. The summed E-state index contributed by atoms with van der Waals surface area (Å²) in [6.07, 6.45) is 4.15. The lowest BCUT2D eigenvalue weighted by atomic mass is 10.2. The number of aromatic nitrogens is 4. The highest BCUT2D eigenvalue weighted by atomic mass is 35.5. The van der Waals surface area contributed by atoms with E-state index >= 15 is 0 Å². The van der Waals surface area contributed by atoms with Crippen molar-refractivity contribution in [3.8, 4) is 0 Å². The number of hydrogen-bond acceptors (Lipinski definition) is 7. The summed E-state index contributed by atoms with van der Waals surface area (Å²) in [7, 11) is 0. The van der Waals surface area contributed by atoms with Crippen molar-refractivity contribution in [2.24, 2.45) is 5.73 Å². The van der Waals surface area contributed by atoms with Gasteiger partial charge in [-0.3, -0.25) is 9.69 Å². The molecule has 0 radical (unpaired) electrons. The Morgan fingerprint density at radius 2 is 2.00 bits per heavy atom. The van der Waals surface area contributed by atoms with Gasteiger partial charge in [0.1, 0.15) is 12.1 Å². The first-order chi connectivity index (χ1) is 15.5. The monoisotopic (exact) mass is 474 g/mol. The molecule has 11 heteroatoms. The highest BCUT2D eigenvalue weighted by Gasteiger charge is 2.23. The second kappa shape index (κ2) is 10.2. The average Bonchev–Trinajstić information content (AvgIpc) is 3.21. The van der Waals surface area contributed by atoms with Gasteiger partial charge in [0.25, 0.3) is 0 Å². The van der Waals surface area contributed by atoms with Gasteiger partial charge >= 0.3 is 0 Å². The molecule has 168 valence electrons. The van der Waals surface area contributed by atoms with Gasteiger partial charge in [-0.2, -0.15) is 10.1 Å². The van der Waals surface area contributed by atoms with E-state index in [1.807, 2.05) is 29.2 Å². The smallest absolute Gasteiger partial charge is 0.231 e. The van der Waals surface area contributed by atoms with Crippen LogP contribution in [-0.4, -0.2) is 63.7 Å². The van der Waals surface area contributed by atoms with E-state index in [1.165, 1.54) is 6.33 Å². The standard InChI is InChI=1S/C21H24Cl2N8O/c22-16-5-1-6-17(19(16)23)31(21-26-14-27-28-21)12-15-4-2-7-25-20(15)30-9-3-8-29(10-11-30)13-18(24)32/h1-2,4-7,14H,3,8-13H2,(H2,24,32)(H,26,27,28). The third-order valence-corrected chi connectivity index (χ3v) is 6.15. The number of halogens is 2. The number of nitrogens with zero attached hydrogens (tertiary/aromatic N) is 6. The summed E-state index contributed by atoms with van der Waals surface area (Å²) in [4.78, 5) is 26.6. The predicted molar refractivity (Wildman–Crippen MR) is 125 cm³/mol. The molecular formula is C21H24Cl2N8O. The summed E-state index contributed by atoms with van der Waals surface area (Å²) in [6.45, 7) is 3.88. The van der Waals surface area contributed by atoms with E-state index in [4.69, 9.17) is 28.9 Å². The minimum absolute atomic E-state index is 0.273. The lowest BCUT2D eigenvalue weighted by Gasteiger charge is -2.28. The SMILES string of the molecule is NC(=O)CN1CCCN(c2ncccc2CN(c2ncn[nH]2)c2cccc(Cl)c2Cl)CC1. The largest absolute Gasteiger partial charge is 0.369 e. The van der Waals surface area contributed by atoms with Crippen molar-refractivity contribution < 1.29 is 4.79 Å². The second-order valence-electron chi connectivity index (χ2n) is 7.54. The fourth-order valence-corrected chi connectivity index (χ4v) is 4.27. The third kappa shape index (κ3) is 5.12. The number of benzene rings is 1. The first-order valence-corrected chi connectivity index (χ1v) is 11.0.